The Hall–Kier alpha value is -2.27. The topological polar surface area (TPSA) is 108 Å². The van der Waals surface area contributed by atoms with Gasteiger partial charge in [0.1, 0.15) is 5.76 Å². The van der Waals surface area contributed by atoms with Gasteiger partial charge in [0.15, 0.2) is 5.69 Å². The summed E-state index contributed by atoms with van der Waals surface area (Å²) >= 11 is 0. The summed E-state index contributed by atoms with van der Waals surface area (Å²) in [5.41, 5.74) is 1.38. The molecule has 10 heteroatoms. The normalized spacial score (nSPS) is 25.1. The van der Waals surface area contributed by atoms with E-state index in [0.717, 1.165) is 24.2 Å². The predicted molar refractivity (Wildman–Crippen MR) is 123 cm³/mol. The number of hydrogen-bond donors (Lipinski definition) is 2. The Balaban J connectivity index is 1.30. The number of rotatable bonds is 7. The SMILES string of the molecule is O=C(N[C@H]1CCN(S(=O)(=O)N2CCNCC2)[C@@H](Cc2ccccc2)C1)c1cc(C2CC2)on1. The maximum absolute atomic E-state index is 13.5. The van der Waals surface area contributed by atoms with Crippen molar-refractivity contribution in [2.45, 2.75) is 50.1 Å². The molecule has 1 aromatic carbocycles. The zero-order valence-electron chi connectivity index (χ0n) is 18.7. The molecule has 178 valence electrons. The zero-order chi connectivity index (χ0) is 22.8. The third-order valence-corrected chi connectivity index (χ3v) is 8.84. The van der Waals surface area contributed by atoms with Crippen LogP contribution in [0.4, 0.5) is 0 Å². The van der Waals surface area contributed by atoms with Crippen molar-refractivity contribution in [3.63, 3.8) is 0 Å². The van der Waals surface area contributed by atoms with Gasteiger partial charge in [0.2, 0.25) is 0 Å². The van der Waals surface area contributed by atoms with Crippen LogP contribution in [0.5, 0.6) is 0 Å². The van der Waals surface area contributed by atoms with Crippen molar-refractivity contribution < 1.29 is 17.7 Å². The maximum Gasteiger partial charge on any atom is 0.282 e. The second-order valence-electron chi connectivity index (χ2n) is 9.19. The number of nitrogens with one attached hydrogen (secondary N) is 2. The molecule has 2 atom stereocenters. The molecule has 1 aliphatic carbocycles. The van der Waals surface area contributed by atoms with Gasteiger partial charge in [0.05, 0.1) is 0 Å². The van der Waals surface area contributed by atoms with E-state index in [2.05, 4.69) is 15.8 Å². The lowest BCUT2D eigenvalue weighted by molar-refractivity contribution is 0.0900. The number of piperidine rings is 1. The van der Waals surface area contributed by atoms with Crippen LogP contribution >= 0.6 is 0 Å². The third-order valence-electron chi connectivity index (χ3n) is 6.75. The highest BCUT2D eigenvalue weighted by atomic mass is 32.2. The van der Waals surface area contributed by atoms with Gasteiger partial charge in [-0.25, -0.2) is 0 Å². The van der Waals surface area contributed by atoms with Crippen LogP contribution < -0.4 is 10.6 Å². The van der Waals surface area contributed by atoms with E-state index in [1.165, 1.54) is 0 Å². The molecule has 2 saturated heterocycles. The van der Waals surface area contributed by atoms with E-state index in [9.17, 15) is 13.2 Å². The van der Waals surface area contributed by atoms with E-state index >= 15 is 0 Å². The number of hydrogen-bond acceptors (Lipinski definition) is 6. The molecule has 3 fully saturated rings. The van der Waals surface area contributed by atoms with E-state index < -0.39 is 10.2 Å². The summed E-state index contributed by atoms with van der Waals surface area (Å²) in [5, 5.41) is 10.2. The average molecular weight is 474 g/mol. The molecule has 0 unspecified atom stereocenters. The van der Waals surface area contributed by atoms with Crippen LogP contribution in [-0.4, -0.2) is 72.9 Å². The molecule has 2 N–H and O–H groups in total. The number of benzene rings is 1. The van der Waals surface area contributed by atoms with Crippen LogP contribution in [0.25, 0.3) is 0 Å². The molecule has 0 radical (unpaired) electrons. The standard InChI is InChI=1S/C23H31N5O4S/c29-23(21-16-22(32-26-21)18-6-7-18)25-19-8-11-28(33(30,31)27-12-9-24-10-13-27)20(15-19)14-17-4-2-1-3-5-17/h1-5,16,18-20,24H,6-15H2,(H,25,29)/t19-,20-/m0/s1. The minimum Gasteiger partial charge on any atom is -0.360 e. The minimum atomic E-state index is -3.57. The Morgan fingerprint density at radius 1 is 1.12 bits per heavy atom. The fourth-order valence-electron chi connectivity index (χ4n) is 4.77. The smallest absolute Gasteiger partial charge is 0.282 e. The highest BCUT2D eigenvalue weighted by Crippen LogP contribution is 2.40. The summed E-state index contributed by atoms with van der Waals surface area (Å²) in [7, 11) is -3.57. The van der Waals surface area contributed by atoms with Gasteiger partial charge >= 0.3 is 0 Å². The second-order valence-corrected chi connectivity index (χ2v) is 11.1. The molecule has 9 nitrogen and oxygen atoms in total. The third kappa shape index (κ3) is 5.13. The number of piperazine rings is 1. The monoisotopic (exact) mass is 473 g/mol. The van der Waals surface area contributed by atoms with Crippen molar-refractivity contribution in [1.29, 1.82) is 0 Å². The van der Waals surface area contributed by atoms with Crippen molar-refractivity contribution >= 4 is 16.1 Å². The van der Waals surface area contributed by atoms with Gasteiger partial charge in [-0.05, 0) is 37.7 Å². The predicted octanol–water partition coefficient (Wildman–Crippen LogP) is 1.51. The highest BCUT2D eigenvalue weighted by Gasteiger charge is 2.40. The zero-order valence-corrected chi connectivity index (χ0v) is 19.5. The van der Waals surface area contributed by atoms with E-state index in [1.807, 2.05) is 30.3 Å². The number of amides is 1. The molecule has 3 aliphatic rings. The van der Waals surface area contributed by atoms with Crippen molar-refractivity contribution in [3.05, 3.63) is 53.4 Å². The molecule has 0 spiro atoms. The largest absolute Gasteiger partial charge is 0.360 e. The molecule has 2 aromatic rings. The molecule has 1 aromatic heterocycles. The summed E-state index contributed by atoms with van der Waals surface area (Å²) in [6.07, 6.45) is 3.89. The average Bonchev–Trinajstić information content (AvgIpc) is 3.56. The van der Waals surface area contributed by atoms with Crippen molar-refractivity contribution in [3.8, 4) is 0 Å². The van der Waals surface area contributed by atoms with Crippen molar-refractivity contribution in [1.82, 2.24) is 24.4 Å². The van der Waals surface area contributed by atoms with Crippen LogP contribution in [0, 0.1) is 0 Å². The first-order chi connectivity index (χ1) is 16.0. The number of nitrogens with zero attached hydrogens (tertiary/aromatic N) is 3. The van der Waals surface area contributed by atoms with Gasteiger partial charge in [-0.3, -0.25) is 4.79 Å². The van der Waals surface area contributed by atoms with Crippen LogP contribution in [0.15, 0.2) is 40.9 Å². The fourth-order valence-corrected chi connectivity index (χ4v) is 6.59. The molecule has 33 heavy (non-hydrogen) atoms. The van der Waals surface area contributed by atoms with Gasteiger partial charge in [-0.15, -0.1) is 0 Å². The van der Waals surface area contributed by atoms with E-state index in [0.29, 0.717) is 63.6 Å². The first-order valence-electron chi connectivity index (χ1n) is 11.8. The number of carbonyl (C=O) groups excluding carboxylic acids is 1. The van der Waals surface area contributed by atoms with Gasteiger partial charge < -0.3 is 15.2 Å². The lowest BCUT2D eigenvalue weighted by atomic mass is 9.94. The summed E-state index contributed by atoms with van der Waals surface area (Å²) in [6, 6.07) is 11.3. The molecule has 1 amide bonds. The Morgan fingerprint density at radius 3 is 2.61 bits per heavy atom. The lowest BCUT2D eigenvalue weighted by Gasteiger charge is -2.41. The van der Waals surface area contributed by atoms with Gasteiger partial charge in [-0.2, -0.15) is 17.0 Å². The molecule has 5 rings (SSSR count). The highest BCUT2D eigenvalue weighted by molar-refractivity contribution is 7.86. The Labute approximate surface area is 194 Å². The van der Waals surface area contributed by atoms with Gasteiger partial charge in [0, 0.05) is 56.8 Å². The maximum atomic E-state index is 13.5. The quantitative estimate of drug-likeness (QED) is 0.631. The van der Waals surface area contributed by atoms with E-state index in [4.69, 9.17) is 4.52 Å². The first kappa shape index (κ1) is 22.5. The van der Waals surface area contributed by atoms with Crippen LogP contribution in [0.1, 0.15) is 53.4 Å². The van der Waals surface area contributed by atoms with Crippen LogP contribution in [0.3, 0.4) is 0 Å². The molecular weight excluding hydrogens is 442 g/mol. The first-order valence-corrected chi connectivity index (χ1v) is 13.2. The molecular formula is C23H31N5O4S. The molecule has 1 saturated carbocycles. The van der Waals surface area contributed by atoms with Crippen LogP contribution in [0.2, 0.25) is 0 Å². The molecule has 0 bridgehead atoms. The summed E-state index contributed by atoms with van der Waals surface area (Å²) < 4.78 is 35.5. The Morgan fingerprint density at radius 2 is 1.88 bits per heavy atom. The van der Waals surface area contributed by atoms with Gasteiger partial charge in [0.25, 0.3) is 16.1 Å². The Bertz CT molecular complexity index is 1060. The molecule has 2 aliphatic heterocycles. The van der Waals surface area contributed by atoms with Gasteiger partial charge in [-0.1, -0.05) is 35.5 Å². The van der Waals surface area contributed by atoms with Crippen molar-refractivity contribution in [2.24, 2.45) is 0 Å². The van der Waals surface area contributed by atoms with Crippen molar-refractivity contribution in [2.75, 3.05) is 32.7 Å². The molecule has 3 heterocycles. The van der Waals surface area contributed by atoms with E-state index in [1.54, 1.807) is 14.7 Å². The van der Waals surface area contributed by atoms with Crippen LogP contribution in [-0.2, 0) is 16.6 Å². The van der Waals surface area contributed by atoms with E-state index in [-0.39, 0.29) is 18.0 Å². The second kappa shape index (κ2) is 9.54. The summed E-state index contributed by atoms with van der Waals surface area (Å²) in [5.74, 6) is 0.916. The Kier molecular flexibility index (Phi) is 6.51. The minimum absolute atomic E-state index is 0.123. The number of aromatic nitrogens is 1. The number of carbonyl (C=O) groups is 1. The lowest BCUT2D eigenvalue weighted by Crippen LogP contribution is -2.58. The summed E-state index contributed by atoms with van der Waals surface area (Å²) in [6.45, 7) is 2.66. The summed E-state index contributed by atoms with van der Waals surface area (Å²) in [4.78, 5) is 12.8. The fraction of sp³-hybridized carbons (Fsp3) is 0.565.